The Morgan fingerprint density at radius 2 is 1.43 bits per heavy atom. The molecule has 0 amide bonds. The van der Waals surface area contributed by atoms with E-state index in [0.29, 0.717) is 0 Å². The third-order valence-electron chi connectivity index (χ3n) is 0.247. The Hall–Kier alpha value is 2.26. The summed E-state index contributed by atoms with van der Waals surface area (Å²) in [5, 5.41) is 0. The normalized spacial score (nSPS) is 12.9. The Morgan fingerprint density at radius 3 is 1.43 bits per heavy atom. The molecule has 7 heavy (non-hydrogen) atoms. The van der Waals surface area contributed by atoms with Crippen molar-refractivity contribution in [2.24, 2.45) is 0 Å². The highest BCUT2D eigenvalue weighted by Gasteiger charge is 2.34. The third kappa shape index (κ3) is 4.75. The minimum atomic E-state index is -1.97. The van der Waals surface area contributed by atoms with Crippen molar-refractivity contribution < 1.29 is 0 Å². The molecule has 0 saturated heterocycles. The van der Waals surface area contributed by atoms with Crippen LogP contribution in [0.4, 0.5) is 0 Å². The summed E-state index contributed by atoms with van der Waals surface area (Å²) in [5.74, 6) is 0. The van der Waals surface area contributed by atoms with Crippen molar-refractivity contribution in [1.82, 2.24) is 0 Å². The van der Waals surface area contributed by atoms with Crippen molar-refractivity contribution in [2.75, 3.05) is 0 Å². The van der Waals surface area contributed by atoms with Gasteiger partial charge in [-0.2, -0.15) is 22.2 Å². The van der Waals surface area contributed by atoms with Gasteiger partial charge in [0.2, 0.25) is 0 Å². The van der Waals surface area contributed by atoms with Crippen molar-refractivity contribution in [3.8, 4) is 0 Å². The zero-order valence-corrected chi connectivity index (χ0v) is 10.6. The van der Waals surface area contributed by atoms with Crippen LogP contribution in [-0.4, -0.2) is 11.1 Å². The van der Waals surface area contributed by atoms with E-state index in [2.05, 4.69) is 30.6 Å². The van der Waals surface area contributed by atoms with Crippen LogP contribution in [0, 0.1) is 0 Å². The van der Waals surface area contributed by atoms with E-state index in [0.717, 1.165) is 0 Å². The van der Waals surface area contributed by atoms with Gasteiger partial charge < -0.3 is 0 Å². The van der Waals surface area contributed by atoms with Gasteiger partial charge in [-0.15, -0.1) is 11.1 Å². The van der Waals surface area contributed by atoms with E-state index in [1.54, 1.807) is 0 Å². The second-order valence-corrected chi connectivity index (χ2v) is 33.7. The van der Waals surface area contributed by atoms with Crippen LogP contribution in [0.25, 0.3) is 0 Å². The lowest BCUT2D eigenvalue weighted by atomic mass is 26.9. The van der Waals surface area contributed by atoms with Gasteiger partial charge in [0, 0.05) is 0 Å². The zero-order chi connectivity index (χ0) is 6.08. The van der Waals surface area contributed by atoms with E-state index < -0.39 is 11.1 Å². The fourth-order valence-corrected chi connectivity index (χ4v) is 0. The maximum atomic E-state index is 5.64. The van der Waals surface area contributed by atoms with Crippen LogP contribution < -0.4 is 0 Å². The van der Waals surface area contributed by atoms with Crippen molar-refractivity contribution in [3.05, 3.63) is 0 Å². The Balaban J connectivity index is 3.54. The molecule has 0 atom stereocenters. The molecular weight excluding hydrogens is 322 g/mol. The standard InChI is InChI=1S/Br2Cl3HSi2/c1-7(2,5)6(3)4/h6H. The summed E-state index contributed by atoms with van der Waals surface area (Å²) >= 11 is 22.9. The molecule has 0 aromatic heterocycles. The van der Waals surface area contributed by atoms with Crippen LogP contribution >= 0.6 is 63.8 Å². The maximum absolute atomic E-state index is 5.64. The van der Waals surface area contributed by atoms with Crippen LogP contribution in [0.15, 0.2) is 0 Å². The summed E-state index contributed by atoms with van der Waals surface area (Å²) in [5.41, 5.74) is 0. The van der Waals surface area contributed by atoms with Crippen LogP contribution in [0.1, 0.15) is 0 Å². The highest BCUT2D eigenvalue weighted by molar-refractivity contribution is 9.55. The lowest BCUT2D eigenvalue weighted by molar-refractivity contribution is 3.82. The van der Waals surface area contributed by atoms with Gasteiger partial charge in [-0.25, -0.2) is 0 Å². The summed E-state index contributed by atoms with van der Waals surface area (Å²) in [6.07, 6.45) is 0. The molecular formula is HBr2Cl3Si2. The molecule has 0 aliphatic rings. The number of hydrogen-bond donors (Lipinski definition) is 0. The molecule has 7 heteroatoms. The van der Waals surface area contributed by atoms with E-state index in [1.807, 2.05) is 0 Å². The number of hydrogen-bond acceptors (Lipinski definition) is 0. The smallest absolute Gasteiger partial charge is 0.150 e. The highest BCUT2D eigenvalue weighted by atomic mass is 79.9. The topological polar surface area (TPSA) is 0 Å². The average Bonchev–Trinajstić information content (AvgIpc) is 1.31. The Labute approximate surface area is 74.2 Å². The Morgan fingerprint density at radius 1 is 1.29 bits per heavy atom. The molecule has 0 saturated carbocycles. The van der Waals surface area contributed by atoms with Gasteiger partial charge in [0.05, 0.1) is 0 Å². The van der Waals surface area contributed by atoms with E-state index in [-0.39, 0.29) is 0 Å². The molecule has 0 bridgehead atoms. The molecule has 0 aromatic carbocycles. The van der Waals surface area contributed by atoms with Gasteiger partial charge in [0.25, 0.3) is 6.93 Å². The molecule has 44 valence electrons. The summed E-state index contributed by atoms with van der Waals surface area (Å²) in [6, 6.07) is 0. The fraction of sp³-hybridized carbons (Fsp3) is 0. The fourth-order valence-electron chi connectivity index (χ4n) is 0. The van der Waals surface area contributed by atoms with E-state index in [1.165, 1.54) is 0 Å². The summed E-state index contributed by atoms with van der Waals surface area (Å²) < 4.78 is -1.97. The number of rotatable bonds is 1. The zero-order valence-electron chi connectivity index (χ0n) is 2.97. The molecule has 0 radical (unpaired) electrons. The SMILES string of the molecule is Cl[SiH](Cl)[Si](Cl)(Br)Br. The molecule has 0 aromatic rings. The first-order chi connectivity index (χ1) is 2.94. The largest absolute Gasteiger partial charge is 0.309 e. The highest BCUT2D eigenvalue weighted by Crippen LogP contribution is 2.31. The van der Waals surface area contributed by atoms with Crippen molar-refractivity contribution in [1.29, 1.82) is 0 Å². The van der Waals surface area contributed by atoms with Gasteiger partial charge in [-0.05, 0) is 0 Å². The van der Waals surface area contributed by atoms with Crippen LogP contribution in [-0.2, 0) is 0 Å². The van der Waals surface area contributed by atoms with E-state index in [4.69, 9.17) is 33.2 Å². The predicted molar refractivity (Wildman–Crippen MR) is 48.3 cm³/mol. The molecule has 0 fully saturated rings. The van der Waals surface area contributed by atoms with Crippen LogP contribution in [0.3, 0.4) is 0 Å². The van der Waals surface area contributed by atoms with E-state index >= 15 is 0 Å². The lowest BCUT2D eigenvalue weighted by Crippen LogP contribution is -2.23. The first-order valence-corrected chi connectivity index (χ1v) is 14.1. The summed E-state index contributed by atoms with van der Waals surface area (Å²) in [4.78, 5) is 0. The van der Waals surface area contributed by atoms with Crippen LogP contribution in [0.2, 0.25) is 0 Å². The number of halogens is 5. The molecule has 0 rings (SSSR count). The average molecular weight is 323 g/mol. The van der Waals surface area contributed by atoms with Gasteiger partial charge in [-0.3, -0.25) is 0 Å². The minimum Gasteiger partial charge on any atom is -0.150 e. The van der Waals surface area contributed by atoms with Crippen molar-refractivity contribution in [3.63, 3.8) is 0 Å². The molecule has 0 aliphatic carbocycles. The van der Waals surface area contributed by atoms with Crippen molar-refractivity contribution in [2.45, 2.75) is 0 Å². The Bertz CT molecular complexity index is 56.4. The monoisotopic (exact) mass is 320 g/mol. The van der Waals surface area contributed by atoms with Crippen molar-refractivity contribution >= 4 is 74.9 Å². The second-order valence-electron chi connectivity index (χ2n) is 0.842. The molecule has 0 unspecified atom stereocenters. The molecule has 0 N–H and O–H groups in total. The van der Waals surface area contributed by atoms with Gasteiger partial charge >= 0.3 is 4.14 Å². The molecule has 0 spiro atoms. The first-order valence-electron chi connectivity index (χ1n) is 1.29. The molecule has 0 heterocycles. The molecule has 0 nitrogen and oxygen atoms in total. The lowest BCUT2D eigenvalue weighted by Gasteiger charge is -2.04. The molecule has 0 aliphatic heterocycles. The predicted octanol–water partition coefficient (Wildman–Crippen LogP) is 2.73. The van der Waals surface area contributed by atoms with Gasteiger partial charge in [0.15, 0.2) is 0 Å². The maximum Gasteiger partial charge on any atom is 0.309 e. The van der Waals surface area contributed by atoms with Gasteiger partial charge in [0.1, 0.15) is 0 Å². The first kappa shape index (κ1) is 9.26. The van der Waals surface area contributed by atoms with Crippen LogP contribution in [0.5, 0.6) is 0 Å². The minimum absolute atomic E-state index is 1.68. The third-order valence-corrected chi connectivity index (χ3v) is 29.8. The quantitative estimate of drug-likeness (QED) is 0.514. The Kier molecular flexibility index (Phi) is 4.55. The van der Waals surface area contributed by atoms with E-state index in [9.17, 15) is 0 Å². The van der Waals surface area contributed by atoms with Gasteiger partial charge in [-0.1, -0.05) is 30.6 Å². The summed E-state index contributed by atoms with van der Waals surface area (Å²) in [6.45, 7) is -1.68. The second kappa shape index (κ2) is 3.44. The summed E-state index contributed by atoms with van der Waals surface area (Å²) in [7, 11) is 0.